The molecule has 0 fully saturated rings. The molecule has 2 aromatic heterocycles. The lowest BCUT2D eigenvalue weighted by Gasteiger charge is -1.99. The number of aryl methyl sites for hydroxylation is 2. The molecule has 0 saturated heterocycles. The summed E-state index contributed by atoms with van der Waals surface area (Å²) in [7, 11) is 0. The van der Waals surface area contributed by atoms with Gasteiger partial charge in [-0.3, -0.25) is 9.48 Å². The van der Waals surface area contributed by atoms with Gasteiger partial charge in [0.25, 0.3) is 0 Å². The molecule has 2 aromatic rings. The summed E-state index contributed by atoms with van der Waals surface area (Å²) in [5.41, 5.74) is 1.78. The number of thiazole rings is 1. The van der Waals surface area contributed by atoms with Crippen LogP contribution in [0.4, 0.5) is 0 Å². The molecule has 2 heterocycles. The van der Waals surface area contributed by atoms with Crippen LogP contribution in [0.2, 0.25) is 0 Å². The van der Waals surface area contributed by atoms with E-state index in [2.05, 4.69) is 10.1 Å². The van der Waals surface area contributed by atoms with E-state index >= 15 is 0 Å². The first-order valence-electron chi connectivity index (χ1n) is 5.14. The molecular formula is C11H13N3OS. The summed E-state index contributed by atoms with van der Waals surface area (Å²) < 4.78 is 1.88. The zero-order valence-corrected chi connectivity index (χ0v) is 10.3. The van der Waals surface area contributed by atoms with E-state index in [1.807, 2.05) is 24.6 Å². The molecule has 0 aromatic carbocycles. The normalized spacial score (nSPS) is 10.7. The quantitative estimate of drug-likeness (QED) is 0.768. The molecule has 0 saturated carbocycles. The SMILES string of the molecule is CCn1nccc1-c1nc(C)c(C(C)=O)s1. The van der Waals surface area contributed by atoms with Crippen molar-refractivity contribution in [3.05, 3.63) is 22.8 Å². The van der Waals surface area contributed by atoms with Gasteiger partial charge in [-0.05, 0) is 19.9 Å². The summed E-state index contributed by atoms with van der Waals surface area (Å²) in [6.07, 6.45) is 1.75. The molecule has 5 heteroatoms. The van der Waals surface area contributed by atoms with Crippen LogP contribution in [0.3, 0.4) is 0 Å². The number of hydrogen-bond acceptors (Lipinski definition) is 4. The smallest absolute Gasteiger partial charge is 0.171 e. The molecule has 4 nitrogen and oxygen atoms in total. The van der Waals surface area contributed by atoms with Gasteiger partial charge in [0.05, 0.1) is 16.3 Å². The molecule has 0 radical (unpaired) electrons. The van der Waals surface area contributed by atoms with Gasteiger partial charge < -0.3 is 0 Å². The van der Waals surface area contributed by atoms with Gasteiger partial charge in [0.15, 0.2) is 5.78 Å². The lowest BCUT2D eigenvalue weighted by atomic mass is 10.3. The van der Waals surface area contributed by atoms with Gasteiger partial charge in [-0.2, -0.15) is 5.10 Å². The van der Waals surface area contributed by atoms with Crippen LogP contribution in [0.15, 0.2) is 12.3 Å². The number of carbonyl (C=O) groups excluding carboxylic acids is 1. The second-order valence-corrected chi connectivity index (χ2v) is 4.52. The van der Waals surface area contributed by atoms with Crippen LogP contribution < -0.4 is 0 Å². The van der Waals surface area contributed by atoms with Crippen molar-refractivity contribution < 1.29 is 4.79 Å². The molecule has 0 atom stereocenters. The standard InChI is InChI=1S/C11H13N3OS/c1-4-14-9(5-6-12-14)11-13-7(2)10(16-11)8(3)15/h5-6H,4H2,1-3H3. The van der Waals surface area contributed by atoms with E-state index in [1.54, 1.807) is 13.1 Å². The predicted octanol–water partition coefficient (Wildman–Crippen LogP) is 2.54. The van der Waals surface area contributed by atoms with Crippen LogP contribution in [0.25, 0.3) is 10.7 Å². The average molecular weight is 235 g/mol. The topological polar surface area (TPSA) is 47.8 Å². The van der Waals surface area contributed by atoms with Gasteiger partial charge in [-0.1, -0.05) is 0 Å². The van der Waals surface area contributed by atoms with Crippen LogP contribution in [-0.2, 0) is 6.54 Å². The van der Waals surface area contributed by atoms with Crippen LogP contribution in [0, 0.1) is 6.92 Å². The van der Waals surface area contributed by atoms with Gasteiger partial charge in [0.1, 0.15) is 5.01 Å². The highest BCUT2D eigenvalue weighted by atomic mass is 32.1. The number of hydrogen-bond donors (Lipinski definition) is 0. The molecule has 0 bridgehead atoms. The summed E-state index contributed by atoms with van der Waals surface area (Å²) in [6, 6.07) is 1.92. The maximum absolute atomic E-state index is 11.4. The number of Topliss-reactive ketones (excluding diaryl/α,β-unsaturated/α-hetero) is 1. The Balaban J connectivity index is 2.49. The Hall–Kier alpha value is -1.49. The van der Waals surface area contributed by atoms with Crippen molar-refractivity contribution in [1.29, 1.82) is 0 Å². The Kier molecular flexibility index (Phi) is 2.87. The zero-order chi connectivity index (χ0) is 11.7. The molecule has 0 amide bonds. The number of aromatic nitrogens is 3. The van der Waals surface area contributed by atoms with Gasteiger partial charge >= 0.3 is 0 Å². The lowest BCUT2D eigenvalue weighted by molar-refractivity contribution is 0.102. The molecule has 0 aliphatic carbocycles. The molecule has 0 aliphatic heterocycles. The molecule has 0 unspecified atom stereocenters. The zero-order valence-electron chi connectivity index (χ0n) is 9.52. The molecule has 0 N–H and O–H groups in total. The Bertz CT molecular complexity index is 527. The highest BCUT2D eigenvalue weighted by molar-refractivity contribution is 7.17. The largest absolute Gasteiger partial charge is 0.294 e. The van der Waals surface area contributed by atoms with Crippen LogP contribution >= 0.6 is 11.3 Å². The Morgan fingerprint density at radius 3 is 2.88 bits per heavy atom. The molecule has 16 heavy (non-hydrogen) atoms. The van der Waals surface area contributed by atoms with E-state index in [4.69, 9.17) is 0 Å². The van der Waals surface area contributed by atoms with Crippen molar-refractivity contribution >= 4 is 17.1 Å². The number of rotatable bonds is 3. The minimum atomic E-state index is 0.0730. The maximum Gasteiger partial charge on any atom is 0.171 e. The van der Waals surface area contributed by atoms with Gasteiger partial charge in [-0.15, -0.1) is 11.3 Å². The number of ketones is 1. The molecule has 0 aliphatic rings. The Morgan fingerprint density at radius 1 is 1.56 bits per heavy atom. The van der Waals surface area contributed by atoms with Crippen LogP contribution in [-0.4, -0.2) is 20.5 Å². The highest BCUT2D eigenvalue weighted by Crippen LogP contribution is 2.27. The summed E-state index contributed by atoms with van der Waals surface area (Å²) in [4.78, 5) is 16.5. The van der Waals surface area contributed by atoms with Crippen molar-refractivity contribution in [2.75, 3.05) is 0 Å². The average Bonchev–Trinajstić information content (AvgIpc) is 2.82. The van der Waals surface area contributed by atoms with E-state index in [9.17, 15) is 4.79 Å². The fourth-order valence-corrected chi connectivity index (χ4v) is 2.59. The predicted molar refractivity (Wildman–Crippen MR) is 63.8 cm³/mol. The second-order valence-electron chi connectivity index (χ2n) is 3.52. The monoisotopic (exact) mass is 235 g/mol. The van der Waals surface area contributed by atoms with Crippen molar-refractivity contribution in [3.8, 4) is 10.7 Å². The molecule has 0 spiro atoms. The third kappa shape index (κ3) is 1.78. The van der Waals surface area contributed by atoms with Crippen molar-refractivity contribution in [2.24, 2.45) is 0 Å². The van der Waals surface area contributed by atoms with Gasteiger partial charge in [-0.25, -0.2) is 4.98 Å². The molecular weight excluding hydrogens is 222 g/mol. The van der Waals surface area contributed by atoms with Crippen molar-refractivity contribution in [2.45, 2.75) is 27.3 Å². The minimum absolute atomic E-state index is 0.0730. The first-order valence-corrected chi connectivity index (χ1v) is 5.95. The number of nitrogens with zero attached hydrogens (tertiary/aromatic N) is 3. The summed E-state index contributed by atoms with van der Waals surface area (Å²) >= 11 is 1.43. The minimum Gasteiger partial charge on any atom is -0.294 e. The maximum atomic E-state index is 11.4. The van der Waals surface area contributed by atoms with Gasteiger partial charge in [0, 0.05) is 19.7 Å². The highest BCUT2D eigenvalue weighted by Gasteiger charge is 2.14. The summed E-state index contributed by atoms with van der Waals surface area (Å²) in [6.45, 7) is 6.27. The van der Waals surface area contributed by atoms with E-state index in [-0.39, 0.29) is 5.78 Å². The molecule has 2 rings (SSSR count). The Morgan fingerprint density at radius 2 is 2.31 bits per heavy atom. The Labute approximate surface area is 97.9 Å². The fraction of sp³-hybridized carbons (Fsp3) is 0.364. The van der Waals surface area contributed by atoms with Gasteiger partial charge in [0.2, 0.25) is 0 Å². The first-order chi connectivity index (χ1) is 7.63. The van der Waals surface area contributed by atoms with Crippen molar-refractivity contribution in [3.63, 3.8) is 0 Å². The van der Waals surface area contributed by atoms with E-state index < -0.39 is 0 Å². The lowest BCUT2D eigenvalue weighted by Crippen LogP contribution is -1.98. The van der Waals surface area contributed by atoms with Crippen LogP contribution in [0.5, 0.6) is 0 Å². The van der Waals surface area contributed by atoms with E-state index in [0.29, 0.717) is 0 Å². The number of carbonyl (C=O) groups is 1. The molecule has 84 valence electrons. The second kappa shape index (κ2) is 4.17. The van der Waals surface area contributed by atoms with Crippen molar-refractivity contribution in [1.82, 2.24) is 14.8 Å². The fourth-order valence-electron chi connectivity index (χ4n) is 1.60. The van der Waals surface area contributed by atoms with Crippen LogP contribution in [0.1, 0.15) is 29.2 Å². The summed E-state index contributed by atoms with van der Waals surface area (Å²) in [5, 5.41) is 5.06. The van der Waals surface area contributed by atoms with E-state index in [1.165, 1.54) is 11.3 Å². The van der Waals surface area contributed by atoms with E-state index in [0.717, 1.165) is 27.8 Å². The third-order valence-electron chi connectivity index (χ3n) is 2.35. The summed E-state index contributed by atoms with van der Waals surface area (Å²) in [5.74, 6) is 0.0730. The third-order valence-corrected chi connectivity index (χ3v) is 3.63. The first kappa shape index (κ1) is 11.0.